The maximum Gasteiger partial charge on any atom is 0.348 e. The number of para-hydroxylation sites is 1. The van der Waals surface area contributed by atoms with Crippen LogP contribution in [-0.4, -0.2) is 19.2 Å². The van der Waals surface area contributed by atoms with Crippen LogP contribution in [0.15, 0.2) is 29.8 Å². The molecule has 0 amide bonds. The second-order valence-corrected chi connectivity index (χ2v) is 4.63. The summed E-state index contributed by atoms with van der Waals surface area (Å²) in [4.78, 5) is 11.8. The number of esters is 1. The Morgan fingerprint density at radius 3 is 2.70 bits per heavy atom. The lowest BCUT2D eigenvalue weighted by molar-refractivity contribution is -0.139. The highest BCUT2D eigenvalue weighted by Gasteiger charge is 2.12. The van der Waals surface area contributed by atoms with Crippen LogP contribution in [0.4, 0.5) is 0 Å². The highest BCUT2D eigenvalue weighted by atomic mass is 16.5. The maximum absolute atomic E-state index is 11.8. The zero-order valence-electron chi connectivity index (χ0n) is 12.1. The zero-order valence-corrected chi connectivity index (χ0v) is 12.1. The molecule has 4 heteroatoms. The van der Waals surface area contributed by atoms with Gasteiger partial charge in [-0.25, -0.2) is 4.79 Å². The summed E-state index contributed by atoms with van der Waals surface area (Å²) in [5.41, 5.74) is 0.658. The van der Waals surface area contributed by atoms with Gasteiger partial charge in [0.1, 0.15) is 17.4 Å². The van der Waals surface area contributed by atoms with Crippen LogP contribution in [0.3, 0.4) is 0 Å². The van der Waals surface area contributed by atoms with E-state index < -0.39 is 5.97 Å². The van der Waals surface area contributed by atoms with E-state index in [4.69, 9.17) is 14.7 Å². The summed E-state index contributed by atoms with van der Waals surface area (Å²) >= 11 is 0. The average Bonchev–Trinajstić information content (AvgIpc) is 2.44. The number of carbonyl (C=O) groups excluding carboxylic acids is 1. The fraction of sp³-hybridized carbons (Fsp3) is 0.375. The molecule has 0 aliphatic heterocycles. The quantitative estimate of drug-likeness (QED) is 0.453. The Morgan fingerprint density at radius 2 is 2.10 bits per heavy atom. The van der Waals surface area contributed by atoms with Crippen molar-refractivity contribution in [1.29, 1.82) is 5.26 Å². The zero-order chi connectivity index (χ0) is 15.0. The lowest BCUT2D eigenvalue weighted by Crippen LogP contribution is -2.11. The lowest BCUT2D eigenvalue weighted by atomic mass is 10.1. The molecule has 106 valence electrons. The summed E-state index contributed by atoms with van der Waals surface area (Å²) in [5, 5.41) is 9.08. The van der Waals surface area contributed by atoms with Gasteiger partial charge in [-0.3, -0.25) is 0 Å². The van der Waals surface area contributed by atoms with Gasteiger partial charge < -0.3 is 9.47 Å². The summed E-state index contributed by atoms with van der Waals surface area (Å²) in [7, 11) is 0. The van der Waals surface area contributed by atoms with Gasteiger partial charge in [-0.15, -0.1) is 0 Å². The molecule has 0 atom stereocenters. The Kier molecular flexibility index (Phi) is 6.31. The van der Waals surface area contributed by atoms with Crippen molar-refractivity contribution in [3.05, 3.63) is 35.4 Å². The first-order chi connectivity index (χ1) is 9.58. The molecule has 4 nitrogen and oxygen atoms in total. The molecule has 0 aromatic heterocycles. The van der Waals surface area contributed by atoms with Crippen molar-refractivity contribution in [2.45, 2.75) is 20.8 Å². The number of hydrogen-bond donors (Lipinski definition) is 0. The van der Waals surface area contributed by atoms with Crippen molar-refractivity contribution in [3.8, 4) is 11.8 Å². The first kappa shape index (κ1) is 15.8. The van der Waals surface area contributed by atoms with Crippen molar-refractivity contribution in [2.24, 2.45) is 5.92 Å². The van der Waals surface area contributed by atoms with Crippen LogP contribution in [0.1, 0.15) is 26.3 Å². The van der Waals surface area contributed by atoms with Gasteiger partial charge in [-0.1, -0.05) is 32.0 Å². The Balaban J connectivity index is 2.94. The van der Waals surface area contributed by atoms with E-state index in [1.165, 1.54) is 6.08 Å². The van der Waals surface area contributed by atoms with Crippen LogP contribution < -0.4 is 4.74 Å². The Hall–Kier alpha value is -2.28. The van der Waals surface area contributed by atoms with E-state index >= 15 is 0 Å². The molecule has 0 fully saturated rings. The van der Waals surface area contributed by atoms with Gasteiger partial charge in [0, 0.05) is 5.56 Å². The van der Waals surface area contributed by atoms with Crippen molar-refractivity contribution in [1.82, 2.24) is 0 Å². The van der Waals surface area contributed by atoms with E-state index in [2.05, 4.69) is 0 Å². The summed E-state index contributed by atoms with van der Waals surface area (Å²) in [6.07, 6.45) is 1.49. The molecule has 0 aliphatic carbocycles. The van der Waals surface area contributed by atoms with Gasteiger partial charge in [0.2, 0.25) is 0 Å². The molecule has 1 aromatic carbocycles. The van der Waals surface area contributed by atoms with Crippen LogP contribution in [0.2, 0.25) is 0 Å². The molecule has 0 spiro atoms. The second-order valence-electron chi connectivity index (χ2n) is 4.63. The number of benzene rings is 1. The predicted octanol–water partition coefficient (Wildman–Crippen LogP) is 3.19. The average molecular weight is 273 g/mol. The topological polar surface area (TPSA) is 59.3 Å². The maximum atomic E-state index is 11.8. The Bertz CT molecular complexity index is 527. The van der Waals surface area contributed by atoms with Crippen LogP contribution in [0, 0.1) is 17.2 Å². The van der Waals surface area contributed by atoms with E-state index in [0.717, 1.165) is 0 Å². The molecule has 1 aromatic rings. The number of nitrogens with zero attached hydrogens (tertiary/aromatic N) is 1. The highest BCUT2D eigenvalue weighted by molar-refractivity contribution is 5.98. The molecular weight excluding hydrogens is 254 g/mol. The minimum Gasteiger partial charge on any atom is -0.493 e. The predicted molar refractivity (Wildman–Crippen MR) is 77.0 cm³/mol. The number of rotatable bonds is 6. The van der Waals surface area contributed by atoms with Crippen LogP contribution in [0.25, 0.3) is 6.08 Å². The fourth-order valence-electron chi connectivity index (χ4n) is 1.50. The molecule has 0 bridgehead atoms. The van der Waals surface area contributed by atoms with Crippen molar-refractivity contribution in [3.63, 3.8) is 0 Å². The number of nitriles is 1. The summed E-state index contributed by atoms with van der Waals surface area (Å²) in [6.45, 7) is 6.57. The van der Waals surface area contributed by atoms with Crippen LogP contribution in [0.5, 0.6) is 5.75 Å². The third-order valence-corrected chi connectivity index (χ3v) is 2.41. The molecule has 0 radical (unpaired) electrons. The summed E-state index contributed by atoms with van der Waals surface area (Å²) in [5.74, 6) is 0.265. The third kappa shape index (κ3) is 4.77. The van der Waals surface area contributed by atoms with Gasteiger partial charge in [0.15, 0.2) is 0 Å². The SMILES string of the molecule is CCOc1ccccc1/C=C(\C#N)C(=O)OCC(C)C. The minimum absolute atomic E-state index is 0.0298. The van der Waals surface area contributed by atoms with Crippen molar-refractivity contribution in [2.75, 3.05) is 13.2 Å². The Labute approximate surface area is 119 Å². The molecule has 1 rings (SSSR count). The van der Waals surface area contributed by atoms with E-state index in [9.17, 15) is 4.79 Å². The standard InChI is InChI=1S/C16H19NO3/c1-4-19-15-8-6-5-7-13(15)9-14(10-17)16(18)20-11-12(2)3/h5-9,12H,4,11H2,1-3H3/b14-9+. The van der Waals surface area contributed by atoms with Crippen LogP contribution in [-0.2, 0) is 9.53 Å². The first-order valence-corrected chi connectivity index (χ1v) is 6.59. The molecule has 20 heavy (non-hydrogen) atoms. The van der Waals surface area contributed by atoms with E-state index in [1.807, 2.05) is 39.0 Å². The first-order valence-electron chi connectivity index (χ1n) is 6.59. The second kappa shape index (κ2) is 8.00. The largest absolute Gasteiger partial charge is 0.493 e. The van der Waals surface area contributed by atoms with E-state index in [-0.39, 0.29) is 11.5 Å². The molecular formula is C16H19NO3. The van der Waals surface area contributed by atoms with E-state index in [1.54, 1.807) is 12.1 Å². The molecule has 0 aliphatic rings. The molecule has 0 heterocycles. The monoisotopic (exact) mass is 273 g/mol. The highest BCUT2D eigenvalue weighted by Crippen LogP contribution is 2.21. The number of carbonyl (C=O) groups is 1. The minimum atomic E-state index is -0.604. The Morgan fingerprint density at radius 1 is 1.40 bits per heavy atom. The lowest BCUT2D eigenvalue weighted by Gasteiger charge is -2.08. The van der Waals surface area contributed by atoms with Gasteiger partial charge in [0.25, 0.3) is 0 Å². The molecule has 0 N–H and O–H groups in total. The molecule has 0 unspecified atom stereocenters. The van der Waals surface area contributed by atoms with Gasteiger partial charge in [-0.2, -0.15) is 5.26 Å². The fourth-order valence-corrected chi connectivity index (χ4v) is 1.50. The van der Waals surface area contributed by atoms with Crippen molar-refractivity contribution >= 4 is 12.0 Å². The number of hydrogen-bond acceptors (Lipinski definition) is 4. The molecule has 0 saturated carbocycles. The smallest absolute Gasteiger partial charge is 0.348 e. The molecule has 0 saturated heterocycles. The van der Waals surface area contributed by atoms with E-state index in [0.29, 0.717) is 24.5 Å². The third-order valence-electron chi connectivity index (χ3n) is 2.41. The normalized spacial score (nSPS) is 11.1. The summed E-state index contributed by atoms with van der Waals surface area (Å²) in [6, 6.07) is 9.12. The van der Waals surface area contributed by atoms with Crippen molar-refractivity contribution < 1.29 is 14.3 Å². The van der Waals surface area contributed by atoms with Gasteiger partial charge in [-0.05, 0) is 25.0 Å². The number of ether oxygens (including phenoxy) is 2. The van der Waals surface area contributed by atoms with Gasteiger partial charge >= 0.3 is 5.97 Å². The summed E-state index contributed by atoms with van der Waals surface area (Å²) < 4.78 is 10.5. The van der Waals surface area contributed by atoms with Crippen LogP contribution >= 0.6 is 0 Å². The van der Waals surface area contributed by atoms with Gasteiger partial charge in [0.05, 0.1) is 13.2 Å².